The Morgan fingerprint density at radius 2 is 0.677 bits per heavy atom. The van der Waals surface area contributed by atoms with E-state index >= 15 is 0 Å². The van der Waals surface area contributed by atoms with E-state index < -0.39 is 0 Å². The zero-order valence-electron chi connectivity index (χ0n) is 57.3. The highest BCUT2D eigenvalue weighted by molar-refractivity contribution is 7.00. The van der Waals surface area contributed by atoms with Gasteiger partial charge in [-0.1, -0.05) is 269 Å². The Morgan fingerprint density at radius 1 is 0.343 bits per heavy atom. The Bertz CT molecular complexity index is 5410. The van der Waals surface area contributed by atoms with Crippen LogP contribution in [-0.2, 0) is 16.2 Å². The molecule has 7 heteroatoms. The Labute approximate surface area is 580 Å². The van der Waals surface area contributed by atoms with Crippen molar-refractivity contribution in [1.29, 1.82) is 5.26 Å². The number of anilines is 6. The summed E-state index contributed by atoms with van der Waals surface area (Å²) in [6, 6.07) is 106. The molecule has 0 aliphatic carbocycles. The van der Waals surface area contributed by atoms with E-state index in [1.54, 1.807) is 0 Å². The summed E-state index contributed by atoms with van der Waals surface area (Å²) in [6.07, 6.45) is 0. The van der Waals surface area contributed by atoms with Crippen molar-refractivity contribution >= 4 is 107 Å². The fourth-order valence-corrected chi connectivity index (χ4v) is 15.8. The van der Waals surface area contributed by atoms with Crippen molar-refractivity contribution in [3.05, 3.63) is 313 Å². The summed E-state index contributed by atoms with van der Waals surface area (Å²) < 4.78 is 4.92. The molecule has 6 nitrogen and oxygen atoms in total. The largest absolute Gasteiger partial charge is 0.310 e. The molecule has 2 aliphatic rings. The van der Waals surface area contributed by atoms with Crippen LogP contribution in [0.5, 0.6) is 0 Å². The average molecular weight is 1270 g/mol. The Morgan fingerprint density at radius 3 is 1.01 bits per heavy atom. The van der Waals surface area contributed by atoms with Crippen LogP contribution in [0.3, 0.4) is 0 Å². The number of aromatic nitrogens is 2. The number of fused-ring (bicyclic) bond motifs is 10. The third kappa shape index (κ3) is 9.89. The molecular weight excluding hydrogens is 1200 g/mol. The molecule has 0 radical (unpaired) electrons. The third-order valence-electron chi connectivity index (χ3n) is 20.9. The molecule has 0 unspecified atom stereocenters. The van der Waals surface area contributed by atoms with Crippen molar-refractivity contribution in [2.24, 2.45) is 0 Å². The van der Waals surface area contributed by atoms with Gasteiger partial charge in [-0.2, -0.15) is 5.26 Å². The first-order valence-corrected chi connectivity index (χ1v) is 34.4. The Balaban J connectivity index is 1.05. The minimum Gasteiger partial charge on any atom is -0.310 e. The quantitative estimate of drug-likeness (QED) is 0.112. The Hall–Kier alpha value is -11.9. The first-order chi connectivity index (χ1) is 47.9. The second-order valence-corrected chi connectivity index (χ2v) is 29.9. The van der Waals surface area contributed by atoms with Crippen LogP contribution < -0.4 is 26.2 Å². The van der Waals surface area contributed by atoms with Gasteiger partial charge < -0.3 is 18.9 Å². The molecule has 0 saturated heterocycles. The number of benzene rings is 13. The topological polar surface area (TPSA) is 44.5 Å². The predicted octanol–water partition coefficient (Wildman–Crippen LogP) is 22.9. The van der Waals surface area contributed by atoms with Crippen LogP contribution in [0.4, 0.5) is 39.8 Å². The summed E-state index contributed by atoms with van der Waals surface area (Å²) in [5, 5.41) is 15.1. The van der Waals surface area contributed by atoms with Crippen LogP contribution in [0.15, 0.2) is 279 Å². The van der Waals surface area contributed by atoms with Gasteiger partial charge >= 0.3 is 0 Å². The molecule has 2 aliphatic heterocycles. The maximum Gasteiger partial charge on any atom is 0.252 e. The van der Waals surface area contributed by atoms with E-state index in [1.165, 1.54) is 54.6 Å². The van der Waals surface area contributed by atoms with Crippen LogP contribution in [0.2, 0.25) is 0 Å². The molecule has 0 spiro atoms. The standard InChI is InChI=1S/C92H73BN6/c1-90(2,3)63-43-37-60(38-44-63)70-26-19-25-69(59-35-33-58(57-94)34-36-59)88(70)98-83-55-67(96-79-29-15-11-21-73(79)74-22-12-16-30-80(74)96)49-51-77(83)93-78-52-50-68(97-81-31-17-13-23-75(81)76-24-14-18-32-82(76)97)56-84(78)99(86-54-65(92(7,8)9)53-85(98)87(86)93)89-71(61-39-45-64(46-40-61)91(4,5)6)27-20-28-72(89)62-41-47-66(95-10)48-42-62/h11-56H,1-9H3. The molecule has 0 N–H and O–H groups in total. The fraction of sp³-hybridized carbons (Fsp3) is 0.130. The van der Waals surface area contributed by atoms with Crippen LogP contribution in [0, 0.1) is 17.9 Å². The third-order valence-corrected chi connectivity index (χ3v) is 20.9. The van der Waals surface area contributed by atoms with E-state index in [9.17, 15) is 5.26 Å². The summed E-state index contributed by atoms with van der Waals surface area (Å²) in [6.45, 7) is 28.6. The number of rotatable bonds is 8. The molecule has 0 saturated carbocycles. The lowest BCUT2D eigenvalue weighted by Crippen LogP contribution is -2.61. The normalized spacial score (nSPS) is 12.8. The molecule has 13 aromatic carbocycles. The summed E-state index contributed by atoms with van der Waals surface area (Å²) in [4.78, 5) is 9.17. The van der Waals surface area contributed by atoms with Gasteiger partial charge in [-0.25, -0.2) is 4.85 Å². The molecule has 0 amide bonds. The second-order valence-electron chi connectivity index (χ2n) is 29.9. The number of hydrogen-bond donors (Lipinski definition) is 0. The van der Waals surface area contributed by atoms with Crippen LogP contribution in [-0.4, -0.2) is 15.8 Å². The van der Waals surface area contributed by atoms with E-state index in [0.717, 1.165) is 112 Å². The Kier molecular flexibility index (Phi) is 14.0. The van der Waals surface area contributed by atoms with Crippen molar-refractivity contribution in [3.63, 3.8) is 0 Å². The lowest BCUT2D eigenvalue weighted by molar-refractivity contribution is 0.590. The van der Waals surface area contributed by atoms with E-state index in [-0.39, 0.29) is 23.0 Å². The first kappa shape index (κ1) is 60.7. The zero-order valence-corrected chi connectivity index (χ0v) is 57.3. The van der Waals surface area contributed by atoms with Crippen molar-refractivity contribution in [2.45, 2.75) is 78.6 Å². The molecule has 0 fully saturated rings. The fourth-order valence-electron chi connectivity index (χ4n) is 15.8. The van der Waals surface area contributed by atoms with E-state index in [4.69, 9.17) is 6.57 Å². The van der Waals surface area contributed by atoms with Gasteiger partial charge in [0.2, 0.25) is 0 Å². The van der Waals surface area contributed by atoms with Crippen molar-refractivity contribution in [1.82, 2.24) is 9.13 Å². The van der Waals surface area contributed by atoms with E-state index in [0.29, 0.717) is 11.3 Å². The number of hydrogen-bond acceptors (Lipinski definition) is 3. The molecule has 0 atom stereocenters. The van der Waals surface area contributed by atoms with E-state index in [1.807, 2.05) is 24.3 Å². The van der Waals surface area contributed by atoms with Gasteiger partial charge in [0.05, 0.1) is 51.6 Å². The molecule has 99 heavy (non-hydrogen) atoms. The van der Waals surface area contributed by atoms with Gasteiger partial charge in [0.25, 0.3) is 6.71 Å². The van der Waals surface area contributed by atoms with Crippen molar-refractivity contribution in [2.75, 3.05) is 9.80 Å². The summed E-state index contributed by atoms with van der Waals surface area (Å²) in [5.41, 5.74) is 29.5. The van der Waals surface area contributed by atoms with Crippen LogP contribution in [0.1, 0.15) is 84.6 Å². The van der Waals surface area contributed by atoms with Gasteiger partial charge in [-0.3, -0.25) is 0 Å². The smallest absolute Gasteiger partial charge is 0.252 e. The minimum absolute atomic E-state index is 0.0643. The molecule has 17 rings (SSSR count). The van der Waals surface area contributed by atoms with Crippen LogP contribution >= 0.6 is 0 Å². The van der Waals surface area contributed by atoms with Crippen LogP contribution in [0.25, 0.3) is 104 Å². The average Bonchev–Trinajstić information content (AvgIpc) is 1.06. The SMILES string of the molecule is [C-]#[N+]c1ccc(-c2cccc(-c3ccc(C(C)(C)C)cc3)c2N2c3cc(-n4c5ccccc5c5ccccc54)ccc3B3c4ccc(-n5c6ccccc6c6ccccc65)cc4N(c4c(-c5ccc(C#N)cc5)cccc4-c4ccc(C(C)(C)C)cc4)c4cc(C(C)(C)C)cc2c43)cc1. The molecule has 2 aromatic heterocycles. The zero-order chi connectivity index (χ0) is 67.8. The van der Waals surface area contributed by atoms with Gasteiger partial charge in [-0.15, -0.1) is 0 Å². The lowest BCUT2D eigenvalue weighted by Gasteiger charge is -2.46. The molecular formula is C92H73BN6. The highest BCUT2D eigenvalue weighted by Gasteiger charge is 2.46. The highest BCUT2D eigenvalue weighted by Crippen LogP contribution is 2.55. The molecule has 15 aromatic rings. The lowest BCUT2D eigenvalue weighted by atomic mass is 9.33. The van der Waals surface area contributed by atoms with E-state index in [2.05, 4.69) is 347 Å². The molecule has 474 valence electrons. The molecule has 0 bridgehead atoms. The summed E-state index contributed by atoms with van der Waals surface area (Å²) >= 11 is 0. The van der Waals surface area contributed by atoms with Gasteiger partial charge in [0.1, 0.15) is 0 Å². The minimum atomic E-state index is -0.368. The summed E-state index contributed by atoms with van der Waals surface area (Å²) in [5.74, 6) is 0. The van der Waals surface area contributed by atoms with Gasteiger partial charge in [0.15, 0.2) is 5.69 Å². The van der Waals surface area contributed by atoms with Gasteiger partial charge in [-0.05, 0) is 144 Å². The molecule has 4 heterocycles. The maximum absolute atomic E-state index is 10.3. The van der Waals surface area contributed by atoms with Crippen molar-refractivity contribution < 1.29 is 0 Å². The highest BCUT2D eigenvalue weighted by atomic mass is 15.2. The number of nitrogens with zero attached hydrogens (tertiary/aromatic N) is 6. The second kappa shape index (κ2) is 22.9. The first-order valence-electron chi connectivity index (χ1n) is 34.4. The monoisotopic (exact) mass is 1270 g/mol. The number of para-hydroxylation sites is 6. The predicted molar refractivity (Wildman–Crippen MR) is 418 cm³/mol. The maximum atomic E-state index is 10.3. The van der Waals surface area contributed by atoms with Gasteiger partial charge in [0, 0.05) is 77.9 Å². The number of nitriles is 1. The summed E-state index contributed by atoms with van der Waals surface area (Å²) in [7, 11) is 0. The van der Waals surface area contributed by atoms with Crippen molar-refractivity contribution in [3.8, 4) is 62.0 Å².